The van der Waals surface area contributed by atoms with E-state index in [-0.39, 0.29) is 0 Å². The zero-order valence-corrected chi connectivity index (χ0v) is 30.4. The first-order valence-electron chi connectivity index (χ1n) is 18.4. The summed E-state index contributed by atoms with van der Waals surface area (Å²) in [7, 11) is 0. The molecular weight excluding hydrogens is 671 g/mol. The summed E-state index contributed by atoms with van der Waals surface area (Å²) in [6, 6.07) is 77.0. The van der Waals surface area contributed by atoms with Crippen molar-refractivity contribution in [3.05, 3.63) is 212 Å². The van der Waals surface area contributed by atoms with Gasteiger partial charge in [0.2, 0.25) is 0 Å². The highest BCUT2D eigenvalue weighted by Gasteiger charge is 2.19. The fraction of sp³-hybridized carbons (Fsp3) is 0. The molecule has 10 aromatic rings. The topological polar surface area (TPSA) is 3.24 Å². The Morgan fingerprint density at radius 2 is 0.796 bits per heavy atom. The highest BCUT2D eigenvalue weighted by Crippen LogP contribution is 2.46. The monoisotopic (exact) mass is 705 g/mol. The van der Waals surface area contributed by atoms with Crippen molar-refractivity contribution < 1.29 is 0 Å². The van der Waals surface area contributed by atoms with Gasteiger partial charge in [0.25, 0.3) is 0 Å². The lowest BCUT2D eigenvalue weighted by Crippen LogP contribution is -2.09. The zero-order valence-electron chi connectivity index (χ0n) is 29.6. The van der Waals surface area contributed by atoms with Gasteiger partial charge in [0.15, 0.2) is 0 Å². The van der Waals surface area contributed by atoms with Gasteiger partial charge in [0.05, 0.1) is 0 Å². The predicted molar refractivity (Wildman–Crippen MR) is 233 cm³/mol. The van der Waals surface area contributed by atoms with Crippen molar-refractivity contribution >= 4 is 59.3 Å². The molecule has 0 N–H and O–H groups in total. The molecule has 1 heterocycles. The fourth-order valence-electron chi connectivity index (χ4n) is 7.87. The standard InChI is InChI=1S/C52H35NS/c1-4-14-36(15-5-1)37-24-28-42(29-25-37)53(43-30-26-39(27-31-43)46-22-13-12-21-45(46)38-16-6-2-7-17-38)44-32-33-50-48(35-44)49-34-41-20-10-11-23-47(41)51(52(49)54-50)40-18-8-3-9-19-40/h1-35H. The fourth-order valence-corrected chi connectivity index (χ4v) is 9.11. The van der Waals surface area contributed by atoms with Crippen molar-refractivity contribution in [3.8, 4) is 44.5 Å². The number of nitrogens with zero attached hydrogens (tertiary/aromatic N) is 1. The van der Waals surface area contributed by atoms with Crippen molar-refractivity contribution in [2.45, 2.75) is 0 Å². The Labute approximate surface area is 319 Å². The summed E-state index contributed by atoms with van der Waals surface area (Å²) in [5, 5.41) is 5.11. The van der Waals surface area contributed by atoms with Gasteiger partial charge in [0.1, 0.15) is 0 Å². The third kappa shape index (κ3) is 5.74. The molecule has 0 amide bonds. The Kier molecular flexibility index (Phi) is 8.09. The summed E-state index contributed by atoms with van der Waals surface area (Å²) >= 11 is 1.89. The molecule has 1 aromatic heterocycles. The van der Waals surface area contributed by atoms with Crippen LogP contribution in [0.15, 0.2) is 212 Å². The van der Waals surface area contributed by atoms with E-state index in [9.17, 15) is 0 Å². The maximum atomic E-state index is 2.39. The van der Waals surface area contributed by atoms with Gasteiger partial charge in [-0.05, 0) is 98.2 Å². The Morgan fingerprint density at radius 3 is 1.44 bits per heavy atom. The van der Waals surface area contributed by atoms with Crippen molar-refractivity contribution in [1.82, 2.24) is 0 Å². The average Bonchev–Trinajstić information content (AvgIpc) is 3.61. The Hall–Kier alpha value is -6.74. The number of fused-ring (bicyclic) bond motifs is 4. The smallest absolute Gasteiger partial charge is 0.0468 e. The molecule has 0 saturated carbocycles. The first-order valence-corrected chi connectivity index (χ1v) is 19.2. The molecule has 0 spiro atoms. The summed E-state index contributed by atoms with van der Waals surface area (Å²) in [6.45, 7) is 0. The number of benzene rings is 9. The van der Waals surface area contributed by atoms with Gasteiger partial charge >= 0.3 is 0 Å². The van der Waals surface area contributed by atoms with E-state index < -0.39 is 0 Å². The second kappa shape index (κ2) is 13.7. The summed E-state index contributed by atoms with van der Waals surface area (Å²) in [4.78, 5) is 2.39. The van der Waals surface area contributed by atoms with E-state index >= 15 is 0 Å². The molecule has 0 bridgehead atoms. The maximum absolute atomic E-state index is 2.39. The van der Waals surface area contributed by atoms with Crippen LogP contribution in [0.2, 0.25) is 0 Å². The van der Waals surface area contributed by atoms with Crippen molar-refractivity contribution in [3.63, 3.8) is 0 Å². The molecule has 9 aromatic carbocycles. The van der Waals surface area contributed by atoms with E-state index in [2.05, 4.69) is 217 Å². The maximum Gasteiger partial charge on any atom is 0.0468 e. The second-order valence-electron chi connectivity index (χ2n) is 13.7. The molecule has 0 radical (unpaired) electrons. The largest absolute Gasteiger partial charge is 0.310 e. The summed E-state index contributed by atoms with van der Waals surface area (Å²) in [5.41, 5.74) is 13.2. The lowest BCUT2D eigenvalue weighted by atomic mass is 9.94. The molecule has 0 fully saturated rings. The molecule has 1 nitrogen and oxygen atoms in total. The minimum atomic E-state index is 1.11. The van der Waals surface area contributed by atoms with Crippen LogP contribution >= 0.6 is 11.3 Å². The molecule has 10 rings (SSSR count). The molecule has 0 aliphatic rings. The number of thiophene rings is 1. The highest BCUT2D eigenvalue weighted by atomic mass is 32.1. The molecule has 0 atom stereocenters. The van der Waals surface area contributed by atoms with Gasteiger partial charge in [-0.3, -0.25) is 0 Å². The first kappa shape index (κ1) is 32.0. The Balaban J connectivity index is 1.13. The SMILES string of the molecule is c1ccc(-c2ccc(N(c3ccc(-c4ccccc4-c4ccccc4)cc3)c3ccc4sc5c(-c6ccccc6)c6ccccc6cc5c4c3)cc2)cc1. The van der Waals surface area contributed by atoms with Gasteiger partial charge in [0, 0.05) is 42.8 Å². The lowest BCUT2D eigenvalue weighted by molar-refractivity contribution is 1.29. The molecule has 254 valence electrons. The quantitative estimate of drug-likeness (QED) is 0.160. The summed E-state index contributed by atoms with van der Waals surface area (Å²) < 4.78 is 2.61. The van der Waals surface area contributed by atoms with Crippen LogP contribution in [-0.4, -0.2) is 0 Å². The van der Waals surface area contributed by atoms with Gasteiger partial charge in [-0.1, -0.05) is 164 Å². The molecule has 54 heavy (non-hydrogen) atoms. The summed E-state index contributed by atoms with van der Waals surface area (Å²) in [6.07, 6.45) is 0. The minimum absolute atomic E-state index is 1.11. The summed E-state index contributed by atoms with van der Waals surface area (Å²) in [5.74, 6) is 0. The van der Waals surface area contributed by atoms with E-state index in [1.165, 1.54) is 75.5 Å². The highest BCUT2D eigenvalue weighted by molar-refractivity contribution is 7.26. The van der Waals surface area contributed by atoms with Crippen LogP contribution in [0.5, 0.6) is 0 Å². The molecule has 0 aliphatic carbocycles. The number of hydrogen-bond acceptors (Lipinski definition) is 2. The van der Waals surface area contributed by atoms with E-state index in [0.717, 1.165) is 17.1 Å². The molecule has 0 unspecified atom stereocenters. The molecular formula is C52H35NS. The van der Waals surface area contributed by atoms with Crippen molar-refractivity contribution in [2.75, 3.05) is 4.90 Å². The Morgan fingerprint density at radius 1 is 0.315 bits per heavy atom. The molecule has 0 aliphatic heterocycles. The van der Waals surface area contributed by atoms with Crippen LogP contribution in [0, 0.1) is 0 Å². The second-order valence-corrected chi connectivity index (χ2v) is 14.8. The van der Waals surface area contributed by atoms with Crippen molar-refractivity contribution in [1.29, 1.82) is 0 Å². The van der Waals surface area contributed by atoms with Gasteiger partial charge in [-0.15, -0.1) is 11.3 Å². The van der Waals surface area contributed by atoms with E-state index in [4.69, 9.17) is 0 Å². The van der Waals surface area contributed by atoms with Gasteiger partial charge in [-0.2, -0.15) is 0 Å². The van der Waals surface area contributed by atoms with Crippen LogP contribution in [0.25, 0.3) is 75.5 Å². The molecule has 0 saturated heterocycles. The van der Waals surface area contributed by atoms with Crippen LogP contribution in [-0.2, 0) is 0 Å². The first-order chi connectivity index (χ1) is 26.8. The van der Waals surface area contributed by atoms with Gasteiger partial charge < -0.3 is 4.90 Å². The van der Waals surface area contributed by atoms with Crippen LogP contribution in [0.1, 0.15) is 0 Å². The van der Waals surface area contributed by atoms with Crippen LogP contribution in [0.4, 0.5) is 17.1 Å². The lowest BCUT2D eigenvalue weighted by Gasteiger charge is -2.26. The zero-order chi connectivity index (χ0) is 35.8. The van der Waals surface area contributed by atoms with Crippen LogP contribution < -0.4 is 4.90 Å². The van der Waals surface area contributed by atoms with E-state index in [1.807, 2.05) is 11.3 Å². The normalized spacial score (nSPS) is 11.3. The van der Waals surface area contributed by atoms with E-state index in [1.54, 1.807) is 0 Å². The minimum Gasteiger partial charge on any atom is -0.310 e. The van der Waals surface area contributed by atoms with Crippen LogP contribution in [0.3, 0.4) is 0 Å². The third-order valence-electron chi connectivity index (χ3n) is 10.5. The average molecular weight is 706 g/mol. The molecule has 2 heteroatoms. The third-order valence-corrected chi connectivity index (χ3v) is 11.7. The number of hydrogen-bond donors (Lipinski definition) is 0. The van der Waals surface area contributed by atoms with Crippen molar-refractivity contribution in [2.24, 2.45) is 0 Å². The number of rotatable bonds is 7. The van der Waals surface area contributed by atoms with E-state index in [0.29, 0.717) is 0 Å². The number of anilines is 3. The van der Waals surface area contributed by atoms with Gasteiger partial charge in [-0.25, -0.2) is 0 Å². The Bertz CT molecular complexity index is 2890. The predicted octanol–water partition coefficient (Wildman–Crippen LogP) is 15.3.